The van der Waals surface area contributed by atoms with E-state index in [9.17, 15) is 4.79 Å². The Bertz CT molecular complexity index is 422. The quantitative estimate of drug-likeness (QED) is 0.736. The van der Waals surface area contributed by atoms with Crippen LogP contribution in [0.15, 0.2) is 30.3 Å². The van der Waals surface area contributed by atoms with Crippen LogP contribution >= 0.6 is 0 Å². The molecule has 0 bridgehead atoms. The molecule has 110 valence electrons. The second kappa shape index (κ2) is 7.41. The predicted molar refractivity (Wildman–Crippen MR) is 79.6 cm³/mol. The summed E-state index contributed by atoms with van der Waals surface area (Å²) in [6.45, 7) is 3.99. The molecule has 4 heteroatoms. The number of benzene rings is 1. The van der Waals surface area contributed by atoms with Crippen molar-refractivity contribution in [2.45, 2.75) is 25.4 Å². The molecule has 0 aliphatic carbocycles. The molecule has 2 aliphatic rings. The molecule has 2 fully saturated rings. The third kappa shape index (κ3) is 3.81. The van der Waals surface area contributed by atoms with Crippen molar-refractivity contribution < 1.29 is 9.53 Å². The minimum Gasteiger partial charge on any atom is -0.465 e. The van der Waals surface area contributed by atoms with Gasteiger partial charge < -0.3 is 4.74 Å². The molecule has 0 N–H and O–H groups in total. The molecule has 1 unspecified atom stereocenters. The molecule has 1 atom stereocenters. The fourth-order valence-electron chi connectivity index (χ4n) is 2.93. The molecule has 0 saturated carbocycles. The average Bonchev–Trinajstić information content (AvgIpc) is 2.98. The second-order valence-corrected chi connectivity index (χ2v) is 5.35. The van der Waals surface area contributed by atoms with Crippen LogP contribution in [0, 0.1) is 0 Å². The van der Waals surface area contributed by atoms with Gasteiger partial charge in [0.1, 0.15) is 0 Å². The van der Waals surface area contributed by atoms with Crippen LogP contribution in [0.5, 0.6) is 0 Å². The molecule has 4 nitrogen and oxygen atoms in total. The molecule has 0 aromatic heterocycles. The van der Waals surface area contributed by atoms with Gasteiger partial charge in [0, 0.05) is 13.1 Å². The minimum atomic E-state index is -0.291. The average molecular weight is 276 g/mol. The fourth-order valence-corrected chi connectivity index (χ4v) is 2.93. The van der Waals surface area contributed by atoms with Crippen molar-refractivity contribution in [1.82, 2.24) is 9.80 Å². The third-order valence-corrected chi connectivity index (χ3v) is 3.99. The second-order valence-electron chi connectivity index (χ2n) is 5.35. The smallest absolute Gasteiger partial charge is 0.337 e. The normalized spacial score (nSPS) is 22.6. The molecule has 2 saturated heterocycles. The zero-order valence-corrected chi connectivity index (χ0v) is 12.4. The lowest BCUT2D eigenvalue weighted by atomic mass is 10.2. The van der Waals surface area contributed by atoms with Crippen LogP contribution in [0.3, 0.4) is 0 Å². The first-order valence-corrected chi connectivity index (χ1v) is 7.30. The summed E-state index contributed by atoms with van der Waals surface area (Å²) in [5.41, 5.74) is 0.588. The molecular formula is C16H24N2O2. The number of ether oxygens (including phenoxy) is 1. The summed E-state index contributed by atoms with van der Waals surface area (Å²) in [5, 5.41) is 0. The largest absolute Gasteiger partial charge is 0.465 e. The van der Waals surface area contributed by atoms with E-state index in [1.807, 2.05) is 6.07 Å². The summed E-state index contributed by atoms with van der Waals surface area (Å²) < 4.78 is 4.50. The van der Waals surface area contributed by atoms with E-state index in [0.717, 1.165) is 6.17 Å². The van der Waals surface area contributed by atoms with E-state index in [4.69, 9.17) is 0 Å². The van der Waals surface area contributed by atoms with E-state index in [1.54, 1.807) is 24.3 Å². The van der Waals surface area contributed by atoms with E-state index >= 15 is 0 Å². The summed E-state index contributed by atoms with van der Waals surface area (Å²) in [6, 6.07) is 8.88. The Morgan fingerprint density at radius 2 is 1.85 bits per heavy atom. The van der Waals surface area contributed by atoms with E-state index in [2.05, 4.69) is 21.6 Å². The van der Waals surface area contributed by atoms with Crippen molar-refractivity contribution in [3.05, 3.63) is 35.9 Å². The Balaban J connectivity index is 0.000000147. The highest BCUT2D eigenvalue weighted by Gasteiger charge is 2.30. The summed E-state index contributed by atoms with van der Waals surface area (Å²) in [6.07, 6.45) is 4.98. The lowest BCUT2D eigenvalue weighted by molar-refractivity contribution is 0.0560. The topological polar surface area (TPSA) is 32.8 Å². The highest BCUT2D eigenvalue weighted by atomic mass is 16.5. The van der Waals surface area contributed by atoms with Gasteiger partial charge in [0.15, 0.2) is 0 Å². The monoisotopic (exact) mass is 276 g/mol. The maximum atomic E-state index is 10.8. The number of hydrogen-bond donors (Lipinski definition) is 0. The molecule has 2 heterocycles. The van der Waals surface area contributed by atoms with E-state index in [0.29, 0.717) is 5.56 Å². The zero-order valence-electron chi connectivity index (χ0n) is 12.4. The van der Waals surface area contributed by atoms with Gasteiger partial charge in [-0.2, -0.15) is 0 Å². The Labute approximate surface area is 121 Å². The Morgan fingerprint density at radius 3 is 2.50 bits per heavy atom. The van der Waals surface area contributed by atoms with Gasteiger partial charge >= 0.3 is 5.97 Å². The van der Waals surface area contributed by atoms with Crippen LogP contribution in [0.2, 0.25) is 0 Å². The SMILES string of the molecule is CN1CCCN2CCCC12.COC(=O)c1ccccc1. The molecule has 0 spiro atoms. The van der Waals surface area contributed by atoms with Gasteiger partial charge in [0.25, 0.3) is 0 Å². The maximum absolute atomic E-state index is 10.8. The van der Waals surface area contributed by atoms with Gasteiger partial charge in [-0.1, -0.05) is 18.2 Å². The van der Waals surface area contributed by atoms with Crippen LogP contribution in [0.1, 0.15) is 29.6 Å². The van der Waals surface area contributed by atoms with E-state index < -0.39 is 0 Å². The number of fused-ring (bicyclic) bond motifs is 1. The van der Waals surface area contributed by atoms with Crippen molar-refractivity contribution in [3.63, 3.8) is 0 Å². The van der Waals surface area contributed by atoms with Crippen molar-refractivity contribution >= 4 is 5.97 Å². The Kier molecular flexibility index (Phi) is 5.56. The first-order chi connectivity index (χ1) is 9.72. The molecule has 1 aromatic rings. The van der Waals surface area contributed by atoms with Gasteiger partial charge in [-0.15, -0.1) is 0 Å². The number of nitrogens with zero attached hydrogens (tertiary/aromatic N) is 2. The van der Waals surface area contributed by atoms with Gasteiger partial charge in [0.05, 0.1) is 18.8 Å². The molecule has 0 amide bonds. The fraction of sp³-hybridized carbons (Fsp3) is 0.562. The van der Waals surface area contributed by atoms with Crippen LogP contribution in [-0.4, -0.2) is 55.7 Å². The predicted octanol–water partition coefficient (Wildman–Crippen LogP) is 2.22. The van der Waals surface area contributed by atoms with Crippen LogP contribution < -0.4 is 0 Å². The highest BCUT2D eigenvalue weighted by molar-refractivity contribution is 5.89. The maximum Gasteiger partial charge on any atom is 0.337 e. The molecule has 2 aliphatic heterocycles. The molecular weight excluding hydrogens is 252 g/mol. The highest BCUT2D eigenvalue weighted by Crippen LogP contribution is 2.23. The van der Waals surface area contributed by atoms with E-state index in [1.165, 1.54) is 46.0 Å². The third-order valence-electron chi connectivity index (χ3n) is 3.99. The number of esters is 1. The summed E-state index contributed by atoms with van der Waals surface area (Å²) in [7, 11) is 3.62. The summed E-state index contributed by atoms with van der Waals surface area (Å²) in [4.78, 5) is 15.9. The van der Waals surface area contributed by atoms with Crippen LogP contribution in [0.25, 0.3) is 0 Å². The standard InChI is InChI=1S/C8H16N2.C8H8O2/c1-9-5-3-7-10-6-2-4-8(9)10;1-10-8(9)7-5-3-2-4-6-7/h8H,2-7H2,1H3;2-6H,1H3. The molecule has 3 rings (SSSR count). The van der Waals surface area contributed by atoms with Gasteiger partial charge in [-0.3, -0.25) is 9.80 Å². The van der Waals surface area contributed by atoms with Gasteiger partial charge in [-0.05, 0) is 45.0 Å². The lowest BCUT2D eigenvalue weighted by Gasteiger charge is -2.37. The number of carbonyl (C=O) groups is 1. The van der Waals surface area contributed by atoms with Crippen molar-refractivity contribution in [1.29, 1.82) is 0 Å². The first-order valence-electron chi connectivity index (χ1n) is 7.30. The zero-order chi connectivity index (χ0) is 14.4. The number of hydrogen-bond acceptors (Lipinski definition) is 4. The van der Waals surface area contributed by atoms with Crippen molar-refractivity contribution in [2.75, 3.05) is 33.8 Å². The number of rotatable bonds is 1. The number of carbonyl (C=O) groups excluding carboxylic acids is 1. The Hall–Kier alpha value is -1.39. The van der Waals surface area contributed by atoms with Gasteiger partial charge in [0.2, 0.25) is 0 Å². The van der Waals surface area contributed by atoms with Crippen molar-refractivity contribution in [3.8, 4) is 0 Å². The lowest BCUT2D eigenvalue weighted by Crippen LogP contribution is -2.48. The minimum absolute atomic E-state index is 0.291. The van der Waals surface area contributed by atoms with Crippen molar-refractivity contribution in [2.24, 2.45) is 0 Å². The molecule has 0 radical (unpaired) electrons. The van der Waals surface area contributed by atoms with Crippen LogP contribution in [-0.2, 0) is 4.74 Å². The van der Waals surface area contributed by atoms with Crippen LogP contribution in [0.4, 0.5) is 0 Å². The molecule has 1 aromatic carbocycles. The summed E-state index contributed by atoms with van der Waals surface area (Å²) >= 11 is 0. The number of methoxy groups -OCH3 is 1. The van der Waals surface area contributed by atoms with E-state index in [-0.39, 0.29) is 5.97 Å². The Morgan fingerprint density at radius 1 is 1.15 bits per heavy atom. The summed E-state index contributed by atoms with van der Waals surface area (Å²) in [5.74, 6) is -0.291. The van der Waals surface area contributed by atoms with Gasteiger partial charge in [-0.25, -0.2) is 4.79 Å². The first kappa shape index (κ1) is 15.0. The molecule has 20 heavy (non-hydrogen) atoms.